The van der Waals surface area contributed by atoms with Gasteiger partial charge in [0, 0.05) is 34.7 Å². The fraction of sp³-hybridized carbons (Fsp3) is 0.500. The van der Waals surface area contributed by atoms with Gasteiger partial charge in [0.05, 0.1) is 12.6 Å². The molecule has 6 nitrogen and oxygen atoms in total. The minimum atomic E-state index is -1.08. The van der Waals surface area contributed by atoms with Crippen LogP contribution in [0.1, 0.15) is 11.3 Å². The van der Waals surface area contributed by atoms with Crippen LogP contribution in [0.4, 0.5) is 4.79 Å². The van der Waals surface area contributed by atoms with Gasteiger partial charge in [0.15, 0.2) is 0 Å². The molecule has 0 radical (unpaired) electrons. The van der Waals surface area contributed by atoms with Crippen LogP contribution in [-0.4, -0.2) is 57.8 Å². The molecule has 1 aromatic heterocycles. The molecule has 2 heterocycles. The molecule has 0 spiro atoms. The average Bonchev–Trinajstić information content (AvgIpc) is 2.94. The molecular formula is C12H15BrN2O4S. The van der Waals surface area contributed by atoms with E-state index < -0.39 is 18.1 Å². The predicted molar refractivity (Wildman–Crippen MR) is 77.6 cm³/mol. The number of aliphatic hydroxyl groups is 1. The van der Waals surface area contributed by atoms with Crippen molar-refractivity contribution < 1.29 is 19.8 Å². The van der Waals surface area contributed by atoms with Crippen LogP contribution in [0, 0.1) is 0 Å². The van der Waals surface area contributed by atoms with E-state index in [9.17, 15) is 14.7 Å². The highest BCUT2D eigenvalue weighted by Gasteiger charge is 2.40. The second-order valence-electron chi connectivity index (χ2n) is 4.77. The summed E-state index contributed by atoms with van der Waals surface area (Å²) in [5.74, 6) is -1.08. The number of likely N-dealkylation sites (tertiary alicyclic amines) is 1. The van der Waals surface area contributed by atoms with Gasteiger partial charge in [-0.05, 0) is 22.0 Å². The van der Waals surface area contributed by atoms with E-state index in [-0.39, 0.29) is 19.0 Å². The molecule has 0 bridgehead atoms. The van der Waals surface area contributed by atoms with Crippen LogP contribution in [0.25, 0.3) is 0 Å². The van der Waals surface area contributed by atoms with Gasteiger partial charge in [0.25, 0.3) is 0 Å². The largest absolute Gasteiger partial charge is 0.480 e. The van der Waals surface area contributed by atoms with Gasteiger partial charge in [0.1, 0.15) is 6.04 Å². The first-order valence-corrected chi connectivity index (χ1v) is 7.71. The smallest absolute Gasteiger partial charge is 0.326 e. The maximum atomic E-state index is 12.3. The monoisotopic (exact) mass is 362 g/mol. The van der Waals surface area contributed by atoms with Crippen molar-refractivity contribution in [3.8, 4) is 0 Å². The van der Waals surface area contributed by atoms with Gasteiger partial charge in [-0.25, -0.2) is 9.59 Å². The van der Waals surface area contributed by atoms with Crippen molar-refractivity contribution in [3.05, 3.63) is 20.8 Å². The number of amides is 2. The minimum Gasteiger partial charge on any atom is -0.480 e. The van der Waals surface area contributed by atoms with E-state index in [4.69, 9.17) is 5.11 Å². The molecule has 20 heavy (non-hydrogen) atoms. The van der Waals surface area contributed by atoms with Gasteiger partial charge >= 0.3 is 12.0 Å². The second kappa shape index (κ2) is 6.11. The maximum absolute atomic E-state index is 12.3. The van der Waals surface area contributed by atoms with Gasteiger partial charge in [-0.2, -0.15) is 0 Å². The van der Waals surface area contributed by atoms with Gasteiger partial charge in [-0.15, -0.1) is 11.3 Å². The number of hydrogen-bond acceptors (Lipinski definition) is 4. The van der Waals surface area contributed by atoms with E-state index in [0.717, 1.165) is 9.35 Å². The normalized spacial score (nSPS) is 22.1. The molecule has 110 valence electrons. The summed E-state index contributed by atoms with van der Waals surface area (Å²) in [5.41, 5.74) is 0. The molecule has 1 saturated heterocycles. The van der Waals surface area contributed by atoms with Crippen LogP contribution in [0.2, 0.25) is 0 Å². The summed E-state index contributed by atoms with van der Waals surface area (Å²) >= 11 is 4.87. The third-order valence-electron chi connectivity index (χ3n) is 3.15. The Balaban J connectivity index is 2.04. The highest BCUT2D eigenvalue weighted by Crippen LogP contribution is 2.23. The first kappa shape index (κ1) is 15.3. The van der Waals surface area contributed by atoms with Crippen molar-refractivity contribution in [2.45, 2.75) is 25.1 Å². The van der Waals surface area contributed by atoms with Crippen molar-refractivity contribution in [1.82, 2.24) is 9.80 Å². The molecule has 0 aromatic carbocycles. The first-order chi connectivity index (χ1) is 9.38. The average molecular weight is 363 g/mol. The van der Waals surface area contributed by atoms with E-state index in [2.05, 4.69) is 15.9 Å². The van der Waals surface area contributed by atoms with E-state index in [1.807, 2.05) is 11.4 Å². The molecule has 1 aliphatic heterocycles. The molecule has 8 heteroatoms. The molecule has 2 rings (SSSR count). The zero-order valence-corrected chi connectivity index (χ0v) is 13.2. The molecule has 2 N–H and O–H groups in total. The number of rotatable bonds is 3. The van der Waals surface area contributed by atoms with Gasteiger partial charge in [-0.3, -0.25) is 0 Å². The molecule has 0 saturated carbocycles. The summed E-state index contributed by atoms with van der Waals surface area (Å²) in [6.45, 7) is 0.475. The van der Waals surface area contributed by atoms with Crippen LogP contribution in [0.3, 0.4) is 0 Å². The number of carbonyl (C=O) groups excluding carboxylic acids is 1. The summed E-state index contributed by atoms with van der Waals surface area (Å²) in [6, 6.07) is 0.593. The minimum absolute atomic E-state index is 0.0638. The van der Waals surface area contributed by atoms with E-state index in [0.29, 0.717) is 6.54 Å². The number of thiophene rings is 1. The Morgan fingerprint density at radius 1 is 1.60 bits per heavy atom. The number of urea groups is 1. The van der Waals surface area contributed by atoms with Crippen LogP contribution in [0.15, 0.2) is 15.9 Å². The van der Waals surface area contributed by atoms with Crippen LogP contribution in [0.5, 0.6) is 0 Å². The number of β-amino-alcohol motifs (C(OH)–C–C–N with tert-alkyl or cyclic N) is 1. The highest BCUT2D eigenvalue weighted by atomic mass is 79.9. The highest BCUT2D eigenvalue weighted by molar-refractivity contribution is 9.10. The Labute approximate surface area is 128 Å². The van der Waals surface area contributed by atoms with Gasteiger partial charge in [0.2, 0.25) is 0 Å². The van der Waals surface area contributed by atoms with E-state index in [1.165, 1.54) is 21.1 Å². The SMILES string of the molecule is CN(Cc1cc(Br)cs1)C(=O)N1C[C@H](O)C[C@@H]1C(=O)O. The second-order valence-corrected chi connectivity index (χ2v) is 6.68. The molecule has 1 aromatic rings. The Bertz CT molecular complexity index is 521. The van der Waals surface area contributed by atoms with Crippen molar-refractivity contribution in [2.24, 2.45) is 0 Å². The molecule has 2 amide bonds. The van der Waals surface area contributed by atoms with Crippen molar-refractivity contribution in [3.63, 3.8) is 0 Å². The standard InChI is InChI=1S/C12H15BrN2O4S/c1-14(5-9-2-7(13)6-20-9)12(19)15-4-8(16)3-10(15)11(17)18/h2,6,8,10,16H,3-5H2,1H3,(H,17,18)/t8-,10-/m1/s1. The number of nitrogens with zero attached hydrogens (tertiary/aromatic N) is 2. The van der Waals surface area contributed by atoms with E-state index >= 15 is 0 Å². The summed E-state index contributed by atoms with van der Waals surface area (Å²) in [6.07, 6.45) is -0.691. The number of halogens is 1. The van der Waals surface area contributed by atoms with Crippen molar-refractivity contribution >= 4 is 39.3 Å². The van der Waals surface area contributed by atoms with Crippen LogP contribution >= 0.6 is 27.3 Å². The zero-order valence-electron chi connectivity index (χ0n) is 10.8. The molecule has 0 unspecified atom stereocenters. The Morgan fingerprint density at radius 2 is 2.30 bits per heavy atom. The van der Waals surface area contributed by atoms with Crippen molar-refractivity contribution in [1.29, 1.82) is 0 Å². The summed E-state index contributed by atoms with van der Waals surface area (Å²) in [4.78, 5) is 27.1. The van der Waals surface area contributed by atoms with Crippen LogP contribution in [-0.2, 0) is 11.3 Å². The molecule has 1 fully saturated rings. The fourth-order valence-electron chi connectivity index (χ4n) is 2.22. The fourth-order valence-corrected chi connectivity index (χ4v) is 3.72. The van der Waals surface area contributed by atoms with E-state index in [1.54, 1.807) is 7.05 Å². The number of aliphatic hydroxyl groups excluding tert-OH is 1. The third-order valence-corrected chi connectivity index (χ3v) is 4.83. The summed E-state index contributed by atoms with van der Waals surface area (Å²) in [7, 11) is 1.62. The lowest BCUT2D eigenvalue weighted by atomic mass is 10.2. The maximum Gasteiger partial charge on any atom is 0.326 e. The number of carboxylic acids is 1. The Kier molecular flexibility index (Phi) is 4.66. The number of carboxylic acid groups (broad SMARTS) is 1. The van der Waals surface area contributed by atoms with Crippen LogP contribution < -0.4 is 0 Å². The molecule has 1 aliphatic rings. The lowest BCUT2D eigenvalue weighted by Gasteiger charge is -2.27. The first-order valence-electron chi connectivity index (χ1n) is 6.04. The zero-order chi connectivity index (χ0) is 14.9. The third kappa shape index (κ3) is 3.31. The van der Waals surface area contributed by atoms with Gasteiger partial charge < -0.3 is 20.0 Å². The lowest BCUT2D eigenvalue weighted by molar-refractivity contribution is -0.141. The predicted octanol–water partition coefficient (Wildman–Crippen LogP) is 1.58. The number of hydrogen-bond donors (Lipinski definition) is 2. The Hall–Kier alpha value is -1.12. The Morgan fingerprint density at radius 3 is 2.85 bits per heavy atom. The molecule has 0 aliphatic carbocycles. The lowest BCUT2D eigenvalue weighted by Crippen LogP contribution is -2.46. The molecular weight excluding hydrogens is 348 g/mol. The number of aliphatic carboxylic acids is 1. The number of carbonyl (C=O) groups is 2. The summed E-state index contributed by atoms with van der Waals surface area (Å²) in [5, 5.41) is 20.6. The quantitative estimate of drug-likeness (QED) is 0.855. The topological polar surface area (TPSA) is 81.1 Å². The van der Waals surface area contributed by atoms with Gasteiger partial charge in [-0.1, -0.05) is 0 Å². The summed E-state index contributed by atoms with van der Waals surface area (Å²) < 4.78 is 0.957. The van der Waals surface area contributed by atoms with Crippen molar-refractivity contribution in [2.75, 3.05) is 13.6 Å². The molecule has 2 atom stereocenters.